The molecule has 0 aliphatic heterocycles. The van der Waals surface area contributed by atoms with E-state index in [-0.39, 0.29) is 23.9 Å². The largest absolute Gasteiger partial charge is 0.350 e. The highest BCUT2D eigenvalue weighted by Crippen LogP contribution is 2.10. The maximum atomic E-state index is 12.0. The van der Waals surface area contributed by atoms with Crippen LogP contribution in [0.4, 0.5) is 0 Å². The van der Waals surface area contributed by atoms with Gasteiger partial charge in [0.2, 0.25) is 5.91 Å². The molecule has 104 valence electrons. The van der Waals surface area contributed by atoms with Crippen LogP contribution in [0.15, 0.2) is 18.2 Å². The lowest BCUT2D eigenvalue weighted by atomic mass is 10.1. The van der Waals surface area contributed by atoms with Gasteiger partial charge in [-0.2, -0.15) is 0 Å². The minimum Gasteiger partial charge on any atom is -0.350 e. The van der Waals surface area contributed by atoms with E-state index in [0.29, 0.717) is 5.56 Å². The minimum absolute atomic E-state index is 0.0105. The van der Waals surface area contributed by atoms with E-state index in [1.807, 2.05) is 46.8 Å². The van der Waals surface area contributed by atoms with Crippen molar-refractivity contribution in [1.29, 1.82) is 0 Å². The van der Waals surface area contributed by atoms with Gasteiger partial charge >= 0.3 is 0 Å². The van der Waals surface area contributed by atoms with Crippen molar-refractivity contribution < 1.29 is 9.59 Å². The van der Waals surface area contributed by atoms with Gasteiger partial charge in [-0.05, 0) is 46.2 Å². The molecule has 0 radical (unpaired) electrons. The van der Waals surface area contributed by atoms with Crippen LogP contribution in [0.5, 0.6) is 0 Å². The average Bonchev–Trinajstić information content (AvgIpc) is 2.23. The van der Waals surface area contributed by atoms with Gasteiger partial charge in [-0.1, -0.05) is 17.7 Å². The summed E-state index contributed by atoms with van der Waals surface area (Å²) in [6.07, 6.45) is 0. The monoisotopic (exact) mass is 262 g/mol. The third-order valence-corrected chi connectivity index (χ3v) is 2.55. The number of hydrogen-bond donors (Lipinski definition) is 2. The summed E-state index contributed by atoms with van der Waals surface area (Å²) in [5.74, 6) is -0.410. The number of nitrogens with one attached hydrogen (secondary N) is 2. The Labute approximate surface area is 114 Å². The highest BCUT2D eigenvalue weighted by Gasteiger charge is 2.15. The predicted octanol–water partition coefficient (Wildman–Crippen LogP) is 1.95. The molecule has 4 nitrogen and oxygen atoms in total. The van der Waals surface area contributed by atoms with E-state index in [9.17, 15) is 9.59 Å². The first kappa shape index (κ1) is 15.2. The normalized spacial score (nSPS) is 11.0. The number of amides is 2. The smallest absolute Gasteiger partial charge is 0.251 e. The molecular formula is C15H22N2O2. The Morgan fingerprint density at radius 1 is 1.16 bits per heavy atom. The fourth-order valence-corrected chi connectivity index (χ4v) is 1.79. The van der Waals surface area contributed by atoms with E-state index in [4.69, 9.17) is 0 Å². The molecule has 0 unspecified atom stereocenters. The Morgan fingerprint density at radius 2 is 1.79 bits per heavy atom. The molecule has 19 heavy (non-hydrogen) atoms. The molecule has 0 saturated heterocycles. The summed E-state index contributed by atoms with van der Waals surface area (Å²) in [5.41, 5.74) is 2.34. The Morgan fingerprint density at radius 3 is 2.32 bits per heavy atom. The fourth-order valence-electron chi connectivity index (χ4n) is 1.79. The van der Waals surface area contributed by atoms with Crippen molar-refractivity contribution in [3.8, 4) is 0 Å². The molecule has 0 heterocycles. The van der Waals surface area contributed by atoms with Crippen LogP contribution in [-0.4, -0.2) is 23.9 Å². The topological polar surface area (TPSA) is 58.2 Å². The van der Waals surface area contributed by atoms with Crippen LogP contribution in [0.2, 0.25) is 0 Å². The molecule has 0 atom stereocenters. The summed E-state index contributed by atoms with van der Waals surface area (Å²) in [7, 11) is 0. The van der Waals surface area contributed by atoms with Gasteiger partial charge in [0.05, 0.1) is 6.54 Å². The molecule has 1 aromatic carbocycles. The van der Waals surface area contributed by atoms with Gasteiger partial charge < -0.3 is 10.6 Å². The number of benzene rings is 1. The number of hydrogen-bond acceptors (Lipinski definition) is 2. The maximum absolute atomic E-state index is 12.0. The van der Waals surface area contributed by atoms with Crippen molar-refractivity contribution in [3.05, 3.63) is 34.9 Å². The van der Waals surface area contributed by atoms with Gasteiger partial charge in [-0.15, -0.1) is 0 Å². The summed E-state index contributed by atoms with van der Waals surface area (Å²) < 4.78 is 0. The first-order chi connectivity index (χ1) is 8.69. The molecule has 0 aliphatic rings. The van der Waals surface area contributed by atoms with E-state index >= 15 is 0 Å². The molecule has 1 aromatic rings. The van der Waals surface area contributed by atoms with Gasteiger partial charge in [-0.3, -0.25) is 9.59 Å². The molecular weight excluding hydrogens is 240 g/mol. The van der Waals surface area contributed by atoms with Crippen LogP contribution in [0.3, 0.4) is 0 Å². The predicted molar refractivity (Wildman–Crippen MR) is 76.1 cm³/mol. The number of carbonyl (C=O) groups is 2. The second-order valence-electron chi connectivity index (χ2n) is 5.80. The molecule has 0 bridgehead atoms. The zero-order valence-electron chi connectivity index (χ0n) is 12.3. The van der Waals surface area contributed by atoms with Gasteiger partial charge in [-0.25, -0.2) is 0 Å². The molecule has 0 aliphatic carbocycles. The first-order valence-electron chi connectivity index (χ1n) is 6.35. The minimum atomic E-state index is -0.290. The van der Waals surface area contributed by atoms with Crippen LogP contribution in [0, 0.1) is 13.8 Å². The van der Waals surface area contributed by atoms with E-state index in [1.165, 1.54) is 0 Å². The Hall–Kier alpha value is -1.84. The van der Waals surface area contributed by atoms with Crippen molar-refractivity contribution in [2.75, 3.05) is 6.54 Å². The fraction of sp³-hybridized carbons (Fsp3) is 0.467. The number of aryl methyl sites for hydroxylation is 2. The van der Waals surface area contributed by atoms with Crippen LogP contribution in [0.25, 0.3) is 0 Å². The Bertz CT molecular complexity index is 487. The van der Waals surface area contributed by atoms with Crippen LogP contribution < -0.4 is 10.6 Å². The summed E-state index contributed by atoms with van der Waals surface area (Å²) >= 11 is 0. The van der Waals surface area contributed by atoms with Crippen LogP contribution >= 0.6 is 0 Å². The van der Waals surface area contributed by atoms with Crippen molar-refractivity contribution in [2.45, 2.75) is 40.2 Å². The van der Waals surface area contributed by atoms with Gasteiger partial charge in [0.1, 0.15) is 0 Å². The van der Waals surface area contributed by atoms with Crippen molar-refractivity contribution in [1.82, 2.24) is 10.6 Å². The third kappa shape index (κ3) is 5.12. The van der Waals surface area contributed by atoms with Gasteiger partial charge in [0, 0.05) is 11.1 Å². The second kappa shape index (κ2) is 5.87. The lowest BCUT2D eigenvalue weighted by molar-refractivity contribution is -0.121. The van der Waals surface area contributed by atoms with Crippen LogP contribution in [-0.2, 0) is 4.79 Å². The molecule has 0 aromatic heterocycles. The van der Waals surface area contributed by atoms with Crippen LogP contribution in [0.1, 0.15) is 42.3 Å². The molecule has 0 spiro atoms. The first-order valence-corrected chi connectivity index (χ1v) is 6.35. The number of rotatable bonds is 3. The molecule has 2 N–H and O–H groups in total. The molecule has 0 saturated carbocycles. The van der Waals surface area contributed by atoms with E-state index in [0.717, 1.165) is 11.1 Å². The highest BCUT2D eigenvalue weighted by molar-refractivity contribution is 5.97. The van der Waals surface area contributed by atoms with Crippen molar-refractivity contribution in [3.63, 3.8) is 0 Å². The summed E-state index contributed by atoms with van der Waals surface area (Å²) in [5, 5.41) is 5.43. The second-order valence-corrected chi connectivity index (χ2v) is 5.80. The molecule has 4 heteroatoms. The Balaban J connectivity index is 2.59. The summed E-state index contributed by atoms with van der Waals surface area (Å²) in [4.78, 5) is 23.6. The zero-order valence-corrected chi connectivity index (χ0v) is 12.3. The maximum Gasteiger partial charge on any atom is 0.251 e. The summed E-state index contributed by atoms with van der Waals surface area (Å²) in [6.45, 7) is 9.55. The van der Waals surface area contributed by atoms with Crippen molar-refractivity contribution >= 4 is 11.8 Å². The third-order valence-electron chi connectivity index (χ3n) is 2.55. The average molecular weight is 262 g/mol. The SMILES string of the molecule is Cc1ccc(C(=O)NCC(=O)NC(C)(C)C)c(C)c1. The standard InChI is InChI=1S/C15H22N2O2/c1-10-6-7-12(11(2)8-10)14(19)16-9-13(18)17-15(3,4)5/h6-8H,9H2,1-5H3,(H,16,19)(H,17,18). The van der Waals surface area contributed by atoms with Gasteiger partial charge in [0.15, 0.2) is 0 Å². The van der Waals surface area contributed by atoms with Gasteiger partial charge in [0.25, 0.3) is 5.91 Å². The Kier molecular flexibility index (Phi) is 4.70. The quantitative estimate of drug-likeness (QED) is 0.874. The molecule has 0 fully saturated rings. The number of carbonyl (C=O) groups excluding carboxylic acids is 2. The molecule has 2 amide bonds. The highest BCUT2D eigenvalue weighted by atomic mass is 16.2. The lowest BCUT2D eigenvalue weighted by Crippen LogP contribution is -2.45. The van der Waals surface area contributed by atoms with Crippen molar-refractivity contribution in [2.24, 2.45) is 0 Å². The van der Waals surface area contributed by atoms with E-state index in [2.05, 4.69) is 10.6 Å². The molecule has 1 rings (SSSR count). The van der Waals surface area contributed by atoms with E-state index < -0.39 is 0 Å². The van der Waals surface area contributed by atoms with E-state index in [1.54, 1.807) is 6.07 Å². The lowest BCUT2D eigenvalue weighted by Gasteiger charge is -2.20. The summed E-state index contributed by atoms with van der Waals surface area (Å²) in [6, 6.07) is 5.61. The zero-order chi connectivity index (χ0) is 14.6.